The fourth-order valence-electron chi connectivity index (χ4n) is 1.83. The van der Waals surface area contributed by atoms with Gasteiger partial charge in [0.05, 0.1) is 6.04 Å². The summed E-state index contributed by atoms with van der Waals surface area (Å²) in [5.74, 6) is -0.874. The van der Waals surface area contributed by atoms with Crippen LogP contribution >= 0.6 is 0 Å². The van der Waals surface area contributed by atoms with Gasteiger partial charge in [-0.2, -0.15) is 0 Å². The summed E-state index contributed by atoms with van der Waals surface area (Å²) < 4.78 is 0. The molecule has 0 saturated carbocycles. The van der Waals surface area contributed by atoms with Crippen molar-refractivity contribution in [3.05, 3.63) is 54.1 Å². The Hall–Kier alpha value is -2.53. The second kappa shape index (κ2) is 6.08. The van der Waals surface area contributed by atoms with Gasteiger partial charge in [-0.25, -0.2) is 0 Å². The highest BCUT2D eigenvalue weighted by Crippen LogP contribution is 2.32. The van der Waals surface area contributed by atoms with Crippen molar-refractivity contribution in [1.29, 1.82) is 0 Å². The van der Waals surface area contributed by atoms with Gasteiger partial charge in [-0.3, -0.25) is 4.79 Å². The van der Waals surface area contributed by atoms with Crippen LogP contribution in [0.1, 0.15) is 5.56 Å². The maximum atomic E-state index is 12.0. The van der Waals surface area contributed by atoms with Crippen molar-refractivity contribution < 1.29 is 15.0 Å². The number of aromatic hydroxyl groups is 2. The zero-order chi connectivity index (χ0) is 14.5. The van der Waals surface area contributed by atoms with Crippen LogP contribution in [0.4, 0.5) is 5.69 Å². The second-order valence-electron chi connectivity index (χ2n) is 4.46. The molecule has 0 aromatic heterocycles. The minimum absolute atomic E-state index is 0.0268. The van der Waals surface area contributed by atoms with E-state index in [9.17, 15) is 15.0 Å². The lowest BCUT2D eigenvalue weighted by atomic mass is 10.1. The van der Waals surface area contributed by atoms with Crippen LogP contribution in [0.3, 0.4) is 0 Å². The first kappa shape index (κ1) is 13.9. The Labute approximate surface area is 116 Å². The van der Waals surface area contributed by atoms with E-state index in [2.05, 4.69) is 5.32 Å². The number of anilines is 1. The number of nitrogens with two attached hydrogens (primary N) is 1. The van der Waals surface area contributed by atoms with Crippen LogP contribution < -0.4 is 11.1 Å². The SMILES string of the molecule is N[C@@H](Cc1ccccc1)C(=O)Nc1c(O)cccc1O. The summed E-state index contributed by atoms with van der Waals surface area (Å²) in [5.41, 5.74) is 6.74. The average molecular weight is 272 g/mol. The van der Waals surface area contributed by atoms with Crippen molar-refractivity contribution in [3.63, 3.8) is 0 Å². The maximum absolute atomic E-state index is 12.0. The van der Waals surface area contributed by atoms with E-state index in [0.717, 1.165) is 5.56 Å². The molecule has 5 heteroatoms. The van der Waals surface area contributed by atoms with E-state index < -0.39 is 11.9 Å². The smallest absolute Gasteiger partial charge is 0.241 e. The van der Waals surface area contributed by atoms with E-state index >= 15 is 0 Å². The van der Waals surface area contributed by atoms with Crippen LogP contribution in [-0.4, -0.2) is 22.2 Å². The molecule has 2 rings (SSSR count). The van der Waals surface area contributed by atoms with Gasteiger partial charge < -0.3 is 21.3 Å². The molecule has 104 valence electrons. The Bertz CT molecular complexity index is 579. The third kappa shape index (κ3) is 3.27. The number of para-hydroxylation sites is 1. The van der Waals surface area contributed by atoms with Crippen LogP contribution in [-0.2, 0) is 11.2 Å². The summed E-state index contributed by atoms with van der Waals surface area (Å²) in [7, 11) is 0. The Balaban J connectivity index is 2.05. The quantitative estimate of drug-likeness (QED) is 0.636. The largest absolute Gasteiger partial charge is 0.506 e. The molecule has 0 aliphatic rings. The zero-order valence-corrected chi connectivity index (χ0v) is 10.8. The summed E-state index contributed by atoms with van der Waals surface area (Å²) in [6.07, 6.45) is 0.376. The molecule has 0 heterocycles. The highest BCUT2D eigenvalue weighted by atomic mass is 16.3. The van der Waals surface area contributed by atoms with E-state index in [4.69, 9.17) is 5.73 Å². The number of benzene rings is 2. The number of carbonyl (C=O) groups excluding carboxylic acids is 1. The first-order chi connectivity index (χ1) is 9.58. The molecule has 20 heavy (non-hydrogen) atoms. The minimum Gasteiger partial charge on any atom is -0.506 e. The van der Waals surface area contributed by atoms with Gasteiger partial charge in [0, 0.05) is 0 Å². The molecule has 1 amide bonds. The Morgan fingerprint density at radius 2 is 1.65 bits per heavy atom. The highest BCUT2D eigenvalue weighted by Gasteiger charge is 2.17. The zero-order valence-electron chi connectivity index (χ0n) is 10.8. The number of amides is 1. The first-order valence-electron chi connectivity index (χ1n) is 6.19. The molecule has 0 radical (unpaired) electrons. The number of phenolic OH excluding ortho intramolecular Hbond substituents is 2. The molecule has 0 aliphatic carbocycles. The van der Waals surface area contributed by atoms with Crippen LogP contribution in [0.2, 0.25) is 0 Å². The molecule has 5 N–H and O–H groups in total. The first-order valence-corrected chi connectivity index (χ1v) is 6.19. The number of hydrogen-bond donors (Lipinski definition) is 4. The molecule has 2 aromatic rings. The molecule has 5 nitrogen and oxygen atoms in total. The minimum atomic E-state index is -0.767. The number of rotatable bonds is 4. The summed E-state index contributed by atoms with van der Waals surface area (Å²) in [6.45, 7) is 0. The normalized spacial score (nSPS) is 11.8. The number of hydrogen-bond acceptors (Lipinski definition) is 4. The van der Waals surface area contributed by atoms with Gasteiger partial charge in [-0.05, 0) is 24.1 Å². The topological polar surface area (TPSA) is 95.6 Å². The van der Waals surface area contributed by atoms with Gasteiger partial charge in [-0.1, -0.05) is 36.4 Å². The molecule has 0 saturated heterocycles. The van der Waals surface area contributed by atoms with Crippen molar-refractivity contribution in [3.8, 4) is 11.5 Å². The highest BCUT2D eigenvalue weighted by molar-refractivity contribution is 5.97. The Kier molecular flexibility index (Phi) is 4.22. The Morgan fingerprint density at radius 3 is 2.25 bits per heavy atom. The summed E-state index contributed by atoms with van der Waals surface area (Å²) in [4.78, 5) is 12.0. The van der Waals surface area contributed by atoms with E-state index in [-0.39, 0.29) is 17.2 Å². The predicted octanol–water partition coefficient (Wildman–Crippen LogP) is 1.61. The second-order valence-corrected chi connectivity index (χ2v) is 4.46. The monoisotopic (exact) mass is 272 g/mol. The molecule has 0 bridgehead atoms. The standard InChI is InChI=1S/C15H16N2O3/c16-11(9-10-5-2-1-3-6-10)15(20)17-14-12(18)7-4-8-13(14)19/h1-8,11,18-19H,9,16H2,(H,17,20)/t11-/m0/s1. The molecule has 0 fully saturated rings. The number of nitrogens with one attached hydrogen (secondary N) is 1. The lowest BCUT2D eigenvalue weighted by Gasteiger charge is -2.14. The van der Waals surface area contributed by atoms with Crippen LogP contribution in [0.25, 0.3) is 0 Å². The van der Waals surface area contributed by atoms with Gasteiger partial charge in [0.2, 0.25) is 5.91 Å². The molecule has 0 spiro atoms. The van der Waals surface area contributed by atoms with E-state index in [0.29, 0.717) is 6.42 Å². The van der Waals surface area contributed by atoms with Crippen molar-refractivity contribution in [2.75, 3.05) is 5.32 Å². The van der Waals surface area contributed by atoms with Gasteiger partial charge >= 0.3 is 0 Å². The van der Waals surface area contributed by atoms with E-state index in [1.165, 1.54) is 18.2 Å². The summed E-state index contributed by atoms with van der Waals surface area (Å²) >= 11 is 0. The number of carbonyl (C=O) groups is 1. The van der Waals surface area contributed by atoms with Gasteiger partial charge in [0.25, 0.3) is 0 Å². The molecule has 1 atom stereocenters. The number of phenols is 2. The molecule has 0 unspecified atom stereocenters. The van der Waals surface area contributed by atoms with Crippen LogP contribution in [0.15, 0.2) is 48.5 Å². The third-order valence-corrected chi connectivity index (χ3v) is 2.90. The molecular weight excluding hydrogens is 256 g/mol. The van der Waals surface area contributed by atoms with Gasteiger partial charge in [0.1, 0.15) is 17.2 Å². The summed E-state index contributed by atoms with van der Waals surface area (Å²) in [6, 6.07) is 12.8. The van der Waals surface area contributed by atoms with E-state index in [1.807, 2.05) is 30.3 Å². The van der Waals surface area contributed by atoms with Crippen molar-refractivity contribution in [2.45, 2.75) is 12.5 Å². The van der Waals surface area contributed by atoms with Crippen LogP contribution in [0.5, 0.6) is 11.5 Å². The van der Waals surface area contributed by atoms with Crippen molar-refractivity contribution in [2.24, 2.45) is 5.73 Å². The van der Waals surface area contributed by atoms with Gasteiger partial charge in [0.15, 0.2) is 0 Å². The summed E-state index contributed by atoms with van der Waals surface area (Å²) in [5, 5.41) is 21.6. The maximum Gasteiger partial charge on any atom is 0.241 e. The predicted molar refractivity (Wildman–Crippen MR) is 76.5 cm³/mol. The third-order valence-electron chi connectivity index (χ3n) is 2.90. The Morgan fingerprint density at radius 1 is 1.05 bits per heavy atom. The van der Waals surface area contributed by atoms with E-state index in [1.54, 1.807) is 0 Å². The lowest BCUT2D eigenvalue weighted by molar-refractivity contribution is -0.117. The fraction of sp³-hybridized carbons (Fsp3) is 0.133. The van der Waals surface area contributed by atoms with Gasteiger partial charge in [-0.15, -0.1) is 0 Å². The van der Waals surface area contributed by atoms with Crippen molar-refractivity contribution >= 4 is 11.6 Å². The molecule has 0 aliphatic heterocycles. The lowest BCUT2D eigenvalue weighted by Crippen LogP contribution is -2.37. The fourth-order valence-corrected chi connectivity index (χ4v) is 1.83. The average Bonchev–Trinajstić information content (AvgIpc) is 2.44. The molecular formula is C15H16N2O3. The van der Waals surface area contributed by atoms with Crippen LogP contribution in [0, 0.1) is 0 Å². The van der Waals surface area contributed by atoms with Crippen molar-refractivity contribution in [1.82, 2.24) is 0 Å². The molecule has 2 aromatic carbocycles.